The number of rotatable bonds is 7. The van der Waals surface area contributed by atoms with Gasteiger partial charge in [0.15, 0.2) is 6.61 Å². The zero-order valence-electron chi connectivity index (χ0n) is 15.8. The van der Waals surface area contributed by atoms with Crippen molar-refractivity contribution in [1.82, 2.24) is 5.32 Å². The highest BCUT2D eigenvalue weighted by Crippen LogP contribution is 2.17. The maximum absolute atomic E-state index is 12.3. The van der Waals surface area contributed by atoms with Crippen LogP contribution in [-0.4, -0.2) is 25.0 Å². The Bertz CT molecular complexity index is 764. The van der Waals surface area contributed by atoms with E-state index in [4.69, 9.17) is 4.74 Å². The van der Waals surface area contributed by atoms with E-state index in [0.717, 1.165) is 11.1 Å². The van der Waals surface area contributed by atoms with E-state index in [1.54, 1.807) is 24.3 Å². The number of hydrogen-bond donors (Lipinski definition) is 2. The molecule has 2 N–H and O–H groups in total. The summed E-state index contributed by atoms with van der Waals surface area (Å²) in [6.45, 7) is 8.47. The first-order valence-corrected chi connectivity index (χ1v) is 8.73. The summed E-state index contributed by atoms with van der Waals surface area (Å²) >= 11 is 0. The third-order valence-corrected chi connectivity index (χ3v) is 3.68. The molecule has 0 aromatic heterocycles. The van der Waals surface area contributed by atoms with Gasteiger partial charge in [-0.05, 0) is 55.2 Å². The number of benzene rings is 2. The minimum absolute atomic E-state index is 0.120. The lowest BCUT2D eigenvalue weighted by Gasteiger charge is -2.13. The zero-order chi connectivity index (χ0) is 19.1. The van der Waals surface area contributed by atoms with Crippen molar-refractivity contribution >= 4 is 17.5 Å². The van der Waals surface area contributed by atoms with Gasteiger partial charge in [0.2, 0.25) is 0 Å². The number of ether oxygens (including phenoxy) is 1. The standard InChI is InChI=1S/C21H26N2O3/c1-14(2)12-22-21(25)18-7-5-6-8-19(18)23-20(24)13-26-17-10-15(3)9-16(4)11-17/h5-11,14H,12-13H2,1-4H3,(H,22,25)(H,23,24). The predicted molar refractivity (Wildman–Crippen MR) is 104 cm³/mol. The average molecular weight is 354 g/mol. The second-order valence-corrected chi connectivity index (χ2v) is 6.81. The quantitative estimate of drug-likeness (QED) is 0.796. The lowest BCUT2D eigenvalue weighted by atomic mass is 10.1. The molecule has 2 aromatic rings. The third kappa shape index (κ3) is 5.92. The smallest absolute Gasteiger partial charge is 0.262 e. The van der Waals surface area contributed by atoms with Crippen molar-refractivity contribution in [2.45, 2.75) is 27.7 Å². The van der Waals surface area contributed by atoms with E-state index in [2.05, 4.69) is 10.6 Å². The van der Waals surface area contributed by atoms with Gasteiger partial charge in [-0.25, -0.2) is 0 Å². The molecule has 0 radical (unpaired) electrons. The second-order valence-electron chi connectivity index (χ2n) is 6.81. The molecule has 0 aliphatic heterocycles. The molecule has 0 bridgehead atoms. The van der Waals surface area contributed by atoms with Crippen LogP contribution in [0.1, 0.15) is 35.3 Å². The molecule has 0 aliphatic carbocycles. The maximum Gasteiger partial charge on any atom is 0.262 e. The van der Waals surface area contributed by atoms with Crippen molar-refractivity contribution in [1.29, 1.82) is 0 Å². The van der Waals surface area contributed by atoms with Crippen LogP contribution in [0.4, 0.5) is 5.69 Å². The van der Waals surface area contributed by atoms with Crippen molar-refractivity contribution in [2.75, 3.05) is 18.5 Å². The van der Waals surface area contributed by atoms with Crippen LogP contribution in [0.25, 0.3) is 0 Å². The highest BCUT2D eigenvalue weighted by Gasteiger charge is 2.13. The van der Waals surface area contributed by atoms with Crippen molar-refractivity contribution < 1.29 is 14.3 Å². The van der Waals surface area contributed by atoms with Gasteiger partial charge in [-0.2, -0.15) is 0 Å². The molecule has 138 valence electrons. The van der Waals surface area contributed by atoms with Gasteiger partial charge < -0.3 is 15.4 Å². The Balaban J connectivity index is 1.99. The zero-order valence-corrected chi connectivity index (χ0v) is 15.8. The number of carbonyl (C=O) groups excluding carboxylic acids is 2. The molecule has 0 unspecified atom stereocenters. The Morgan fingerprint density at radius 2 is 1.69 bits per heavy atom. The monoisotopic (exact) mass is 354 g/mol. The maximum atomic E-state index is 12.3. The number of nitrogens with one attached hydrogen (secondary N) is 2. The number of aryl methyl sites for hydroxylation is 2. The molecule has 26 heavy (non-hydrogen) atoms. The van der Waals surface area contributed by atoms with Gasteiger partial charge in [0, 0.05) is 6.54 Å². The van der Waals surface area contributed by atoms with Gasteiger partial charge in [0.25, 0.3) is 11.8 Å². The van der Waals surface area contributed by atoms with Crippen molar-refractivity contribution in [3.05, 3.63) is 59.2 Å². The average Bonchev–Trinajstić information content (AvgIpc) is 2.57. The molecular formula is C21H26N2O3. The van der Waals surface area contributed by atoms with E-state index in [1.165, 1.54) is 0 Å². The largest absolute Gasteiger partial charge is 0.484 e. The first-order chi connectivity index (χ1) is 12.3. The first-order valence-electron chi connectivity index (χ1n) is 8.73. The van der Waals surface area contributed by atoms with Crippen LogP contribution in [0.2, 0.25) is 0 Å². The third-order valence-electron chi connectivity index (χ3n) is 3.68. The topological polar surface area (TPSA) is 67.4 Å². The Morgan fingerprint density at radius 3 is 2.35 bits per heavy atom. The van der Waals surface area contributed by atoms with Crippen LogP contribution in [0.3, 0.4) is 0 Å². The number of amides is 2. The summed E-state index contributed by atoms with van der Waals surface area (Å²) in [6, 6.07) is 12.8. The van der Waals surface area contributed by atoms with Crippen LogP contribution in [0, 0.1) is 19.8 Å². The summed E-state index contributed by atoms with van der Waals surface area (Å²) < 4.78 is 5.57. The molecule has 0 heterocycles. The van der Waals surface area contributed by atoms with E-state index in [-0.39, 0.29) is 18.4 Å². The van der Waals surface area contributed by atoms with E-state index in [9.17, 15) is 9.59 Å². The number of hydrogen-bond acceptors (Lipinski definition) is 3. The van der Waals surface area contributed by atoms with Gasteiger partial charge >= 0.3 is 0 Å². The Kier molecular flexibility index (Phi) is 6.78. The van der Waals surface area contributed by atoms with Crippen LogP contribution in [-0.2, 0) is 4.79 Å². The summed E-state index contributed by atoms with van der Waals surface area (Å²) in [5.74, 6) is 0.491. The van der Waals surface area contributed by atoms with Crippen molar-refractivity contribution in [2.24, 2.45) is 5.92 Å². The summed E-state index contributed by atoms with van der Waals surface area (Å²) in [6.07, 6.45) is 0. The van der Waals surface area contributed by atoms with E-state index in [0.29, 0.717) is 29.5 Å². The summed E-state index contributed by atoms with van der Waals surface area (Å²) in [5.41, 5.74) is 3.07. The minimum atomic E-state index is -0.312. The van der Waals surface area contributed by atoms with E-state index >= 15 is 0 Å². The number of para-hydroxylation sites is 1. The molecule has 5 nitrogen and oxygen atoms in total. The summed E-state index contributed by atoms with van der Waals surface area (Å²) in [5, 5.41) is 5.61. The van der Waals surface area contributed by atoms with E-state index < -0.39 is 0 Å². The van der Waals surface area contributed by atoms with Crippen LogP contribution < -0.4 is 15.4 Å². The Hall–Kier alpha value is -2.82. The van der Waals surface area contributed by atoms with Crippen molar-refractivity contribution in [3.8, 4) is 5.75 Å². The minimum Gasteiger partial charge on any atom is -0.484 e. The lowest BCUT2D eigenvalue weighted by molar-refractivity contribution is -0.118. The second kappa shape index (κ2) is 9.04. The highest BCUT2D eigenvalue weighted by molar-refractivity contribution is 6.04. The van der Waals surface area contributed by atoms with Crippen LogP contribution in [0.15, 0.2) is 42.5 Å². The molecular weight excluding hydrogens is 328 g/mol. The van der Waals surface area contributed by atoms with E-state index in [1.807, 2.05) is 45.9 Å². The summed E-state index contributed by atoms with van der Waals surface area (Å²) in [4.78, 5) is 24.5. The fourth-order valence-corrected chi connectivity index (χ4v) is 2.53. The fraction of sp³-hybridized carbons (Fsp3) is 0.333. The van der Waals surface area contributed by atoms with Gasteiger partial charge in [-0.1, -0.05) is 32.0 Å². The number of anilines is 1. The molecule has 5 heteroatoms. The van der Waals surface area contributed by atoms with Gasteiger partial charge in [-0.15, -0.1) is 0 Å². The normalized spacial score (nSPS) is 10.5. The first kappa shape index (κ1) is 19.5. The Morgan fingerprint density at radius 1 is 1.04 bits per heavy atom. The molecule has 2 rings (SSSR count). The Labute approximate surface area is 154 Å². The molecule has 0 fully saturated rings. The van der Waals surface area contributed by atoms with Gasteiger partial charge in [0.05, 0.1) is 11.3 Å². The number of carbonyl (C=O) groups is 2. The fourth-order valence-electron chi connectivity index (χ4n) is 2.53. The molecule has 0 atom stereocenters. The van der Waals surface area contributed by atoms with Crippen LogP contribution >= 0.6 is 0 Å². The predicted octanol–water partition coefficient (Wildman–Crippen LogP) is 3.71. The van der Waals surface area contributed by atoms with Gasteiger partial charge in [0.1, 0.15) is 5.75 Å². The van der Waals surface area contributed by atoms with Crippen molar-refractivity contribution in [3.63, 3.8) is 0 Å². The molecule has 2 aromatic carbocycles. The molecule has 0 saturated carbocycles. The molecule has 0 spiro atoms. The summed E-state index contributed by atoms with van der Waals surface area (Å²) in [7, 11) is 0. The molecule has 0 aliphatic rings. The van der Waals surface area contributed by atoms with Gasteiger partial charge in [-0.3, -0.25) is 9.59 Å². The lowest BCUT2D eigenvalue weighted by Crippen LogP contribution is -2.29. The van der Waals surface area contributed by atoms with Crippen LogP contribution in [0.5, 0.6) is 5.75 Å². The molecule has 0 saturated heterocycles. The highest BCUT2D eigenvalue weighted by atomic mass is 16.5. The molecule has 2 amide bonds. The SMILES string of the molecule is Cc1cc(C)cc(OCC(=O)Nc2ccccc2C(=O)NCC(C)C)c1.